The smallest absolute Gasteiger partial charge is 0.309 e. The molecule has 0 bridgehead atoms. The molecule has 6 heteroatoms. The van der Waals surface area contributed by atoms with Crippen molar-refractivity contribution in [3.63, 3.8) is 0 Å². The molecule has 1 aliphatic heterocycles. The van der Waals surface area contributed by atoms with Crippen LogP contribution in [0, 0.1) is 21.4 Å². The van der Waals surface area contributed by atoms with Gasteiger partial charge in [-0.3, -0.25) is 10.1 Å². The van der Waals surface area contributed by atoms with Crippen molar-refractivity contribution in [3.8, 4) is 6.07 Å². The predicted octanol–water partition coefficient (Wildman–Crippen LogP) is 2.06. The molecule has 1 aromatic rings. The maximum absolute atomic E-state index is 11.0. The van der Waals surface area contributed by atoms with Crippen LogP contribution in [0.1, 0.15) is 18.4 Å². The van der Waals surface area contributed by atoms with Gasteiger partial charge in [0.05, 0.1) is 11.0 Å². The quantitative estimate of drug-likeness (QED) is 0.649. The van der Waals surface area contributed by atoms with Gasteiger partial charge in [0.1, 0.15) is 17.3 Å². The number of nitro benzene ring substituents is 1. The average molecular weight is 247 g/mol. The second-order valence-corrected chi connectivity index (χ2v) is 4.09. The van der Waals surface area contributed by atoms with Crippen LogP contribution in [-0.2, 0) is 4.74 Å². The summed E-state index contributed by atoms with van der Waals surface area (Å²) < 4.78 is 5.43. The zero-order valence-electron chi connectivity index (χ0n) is 9.76. The molecule has 0 aromatic heterocycles. The van der Waals surface area contributed by atoms with Crippen LogP contribution in [0.15, 0.2) is 18.2 Å². The van der Waals surface area contributed by atoms with E-state index in [4.69, 9.17) is 10.00 Å². The lowest BCUT2D eigenvalue weighted by Gasteiger charge is -2.12. The summed E-state index contributed by atoms with van der Waals surface area (Å²) in [6.07, 6.45) is 2.07. The lowest BCUT2D eigenvalue weighted by Crippen LogP contribution is -2.19. The Morgan fingerprint density at radius 3 is 3.06 bits per heavy atom. The minimum absolute atomic E-state index is 0.0670. The van der Waals surface area contributed by atoms with E-state index in [1.54, 1.807) is 12.1 Å². The van der Waals surface area contributed by atoms with Crippen LogP contribution in [-0.4, -0.2) is 24.2 Å². The van der Waals surface area contributed by atoms with Gasteiger partial charge in [0.2, 0.25) is 0 Å². The highest BCUT2D eigenvalue weighted by atomic mass is 16.6. The molecule has 0 spiro atoms. The summed E-state index contributed by atoms with van der Waals surface area (Å²) in [6, 6.07) is 6.51. The maximum Gasteiger partial charge on any atom is 0.309 e. The molecule has 94 valence electrons. The van der Waals surface area contributed by atoms with Gasteiger partial charge in [-0.05, 0) is 25.0 Å². The molecule has 1 aromatic carbocycles. The zero-order chi connectivity index (χ0) is 13.0. The summed E-state index contributed by atoms with van der Waals surface area (Å²) in [7, 11) is 0. The Hall–Kier alpha value is -2.13. The lowest BCUT2D eigenvalue weighted by molar-refractivity contribution is -0.384. The lowest BCUT2D eigenvalue weighted by atomic mass is 10.1. The number of anilines is 1. The van der Waals surface area contributed by atoms with Crippen molar-refractivity contribution in [2.24, 2.45) is 0 Å². The van der Waals surface area contributed by atoms with E-state index in [1.165, 1.54) is 6.07 Å². The van der Waals surface area contributed by atoms with E-state index < -0.39 is 4.92 Å². The van der Waals surface area contributed by atoms with Crippen molar-refractivity contribution < 1.29 is 9.66 Å². The number of rotatable bonds is 4. The van der Waals surface area contributed by atoms with Crippen LogP contribution >= 0.6 is 0 Å². The Morgan fingerprint density at radius 2 is 2.44 bits per heavy atom. The molecule has 1 heterocycles. The topological polar surface area (TPSA) is 88.2 Å². The Kier molecular flexibility index (Phi) is 3.75. The van der Waals surface area contributed by atoms with E-state index in [1.807, 2.05) is 6.07 Å². The van der Waals surface area contributed by atoms with E-state index in [0.717, 1.165) is 19.4 Å². The van der Waals surface area contributed by atoms with Gasteiger partial charge in [0, 0.05) is 13.2 Å². The third-order valence-electron chi connectivity index (χ3n) is 2.88. The molecule has 1 atom stereocenters. The van der Waals surface area contributed by atoms with E-state index in [9.17, 15) is 10.1 Å². The molecule has 2 rings (SSSR count). The van der Waals surface area contributed by atoms with Gasteiger partial charge in [0.25, 0.3) is 0 Å². The summed E-state index contributed by atoms with van der Waals surface area (Å²) in [6.45, 7) is 1.27. The van der Waals surface area contributed by atoms with E-state index >= 15 is 0 Å². The first-order chi connectivity index (χ1) is 8.72. The highest BCUT2D eigenvalue weighted by molar-refractivity contribution is 5.68. The first-order valence-electron chi connectivity index (χ1n) is 5.75. The third kappa shape index (κ3) is 2.57. The van der Waals surface area contributed by atoms with Gasteiger partial charge in [0.15, 0.2) is 0 Å². The van der Waals surface area contributed by atoms with Crippen molar-refractivity contribution in [2.75, 3.05) is 18.5 Å². The molecule has 6 nitrogen and oxygen atoms in total. The number of benzene rings is 1. The minimum Gasteiger partial charge on any atom is -0.377 e. The Labute approximate surface area is 104 Å². The number of nitrogens with zero attached hydrogens (tertiary/aromatic N) is 2. The molecule has 1 aliphatic rings. The number of para-hydroxylation sites is 1. The molecular formula is C12H13N3O3. The molecule has 1 saturated heterocycles. The van der Waals surface area contributed by atoms with Gasteiger partial charge >= 0.3 is 5.69 Å². The summed E-state index contributed by atoms with van der Waals surface area (Å²) in [5, 5.41) is 22.8. The summed E-state index contributed by atoms with van der Waals surface area (Å²) >= 11 is 0. The summed E-state index contributed by atoms with van der Waals surface area (Å²) in [4.78, 5) is 10.4. The summed E-state index contributed by atoms with van der Waals surface area (Å²) in [5.74, 6) is 0. The number of hydrogen-bond acceptors (Lipinski definition) is 5. The van der Waals surface area contributed by atoms with Gasteiger partial charge < -0.3 is 10.1 Å². The fourth-order valence-electron chi connectivity index (χ4n) is 2.00. The van der Waals surface area contributed by atoms with Crippen LogP contribution in [0.4, 0.5) is 11.4 Å². The fourth-order valence-corrected chi connectivity index (χ4v) is 2.00. The van der Waals surface area contributed by atoms with Crippen molar-refractivity contribution in [3.05, 3.63) is 33.9 Å². The van der Waals surface area contributed by atoms with Crippen LogP contribution in [0.3, 0.4) is 0 Å². The number of nitrogens with one attached hydrogen (secondary N) is 1. The van der Waals surface area contributed by atoms with Crippen LogP contribution in [0.5, 0.6) is 0 Å². The van der Waals surface area contributed by atoms with Crippen molar-refractivity contribution in [1.29, 1.82) is 5.26 Å². The molecule has 18 heavy (non-hydrogen) atoms. The highest BCUT2D eigenvalue weighted by Gasteiger charge is 2.21. The molecule has 0 amide bonds. The van der Waals surface area contributed by atoms with Crippen LogP contribution in [0.2, 0.25) is 0 Å². The molecular weight excluding hydrogens is 234 g/mol. The molecule has 1 unspecified atom stereocenters. The molecule has 0 aliphatic carbocycles. The fraction of sp³-hybridized carbons (Fsp3) is 0.417. The van der Waals surface area contributed by atoms with E-state index in [0.29, 0.717) is 12.2 Å². The van der Waals surface area contributed by atoms with Gasteiger partial charge in [-0.2, -0.15) is 5.26 Å². The molecule has 0 saturated carbocycles. The molecule has 1 fully saturated rings. The normalized spacial score (nSPS) is 18.3. The minimum atomic E-state index is -0.531. The van der Waals surface area contributed by atoms with Gasteiger partial charge in [-0.15, -0.1) is 0 Å². The molecule has 1 N–H and O–H groups in total. The Morgan fingerprint density at radius 1 is 1.61 bits per heavy atom. The van der Waals surface area contributed by atoms with E-state index in [-0.39, 0.29) is 17.4 Å². The predicted molar refractivity (Wildman–Crippen MR) is 65.3 cm³/mol. The second kappa shape index (κ2) is 5.47. The largest absolute Gasteiger partial charge is 0.377 e. The van der Waals surface area contributed by atoms with Crippen molar-refractivity contribution >= 4 is 11.4 Å². The number of nitriles is 1. The van der Waals surface area contributed by atoms with Crippen LogP contribution < -0.4 is 5.32 Å². The van der Waals surface area contributed by atoms with Crippen molar-refractivity contribution in [2.45, 2.75) is 18.9 Å². The number of ether oxygens (including phenoxy) is 1. The van der Waals surface area contributed by atoms with Crippen molar-refractivity contribution in [1.82, 2.24) is 0 Å². The first-order valence-corrected chi connectivity index (χ1v) is 5.75. The summed E-state index contributed by atoms with van der Waals surface area (Å²) in [5.41, 5.74) is 0.268. The monoisotopic (exact) mass is 247 g/mol. The number of hydrogen-bond donors (Lipinski definition) is 1. The average Bonchev–Trinajstić information content (AvgIpc) is 2.88. The third-order valence-corrected chi connectivity index (χ3v) is 2.88. The standard InChI is InChI=1S/C12H13N3O3/c13-7-9-3-1-5-11(12(9)15(16)17)14-8-10-4-2-6-18-10/h1,3,5,10,14H,2,4,6,8H2. The second-order valence-electron chi connectivity index (χ2n) is 4.09. The number of nitro groups is 1. The Balaban J connectivity index is 2.16. The SMILES string of the molecule is N#Cc1cccc(NCC2CCCO2)c1[N+](=O)[O-]. The maximum atomic E-state index is 11.0. The molecule has 0 radical (unpaired) electrons. The van der Waals surface area contributed by atoms with Gasteiger partial charge in [-0.25, -0.2) is 0 Å². The Bertz CT molecular complexity index is 490. The zero-order valence-corrected chi connectivity index (χ0v) is 9.76. The highest BCUT2D eigenvalue weighted by Crippen LogP contribution is 2.28. The van der Waals surface area contributed by atoms with E-state index in [2.05, 4.69) is 5.32 Å². The van der Waals surface area contributed by atoms with Crippen LogP contribution in [0.25, 0.3) is 0 Å². The van der Waals surface area contributed by atoms with Gasteiger partial charge in [-0.1, -0.05) is 6.07 Å². The first kappa shape index (κ1) is 12.3.